The van der Waals surface area contributed by atoms with Gasteiger partial charge in [-0.2, -0.15) is 0 Å². The number of benzene rings is 1. The van der Waals surface area contributed by atoms with E-state index in [0.717, 1.165) is 23.5 Å². The first-order valence-corrected chi connectivity index (χ1v) is 6.32. The predicted octanol–water partition coefficient (Wildman–Crippen LogP) is 2.56. The molecule has 0 atom stereocenters. The van der Waals surface area contributed by atoms with Gasteiger partial charge in [0.1, 0.15) is 10.7 Å². The van der Waals surface area contributed by atoms with E-state index in [9.17, 15) is 0 Å². The zero-order valence-corrected chi connectivity index (χ0v) is 10.4. The van der Waals surface area contributed by atoms with Gasteiger partial charge in [-0.05, 0) is 12.0 Å². The van der Waals surface area contributed by atoms with E-state index in [0.29, 0.717) is 4.99 Å². The fourth-order valence-corrected chi connectivity index (χ4v) is 2.41. The molecule has 1 aromatic carbocycles. The molecule has 2 rings (SSSR count). The maximum absolute atomic E-state index is 5.51. The third kappa shape index (κ3) is 2.87. The molecule has 0 aliphatic rings. The van der Waals surface area contributed by atoms with Gasteiger partial charge in [0.2, 0.25) is 0 Å². The molecular formula is C12H12N2S2. The topological polar surface area (TPSA) is 38.9 Å². The van der Waals surface area contributed by atoms with E-state index < -0.39 is 0 Å². The Bertz CT molecular complexity index is 477. The minimum Gasteiger partial charge on any atom is -0.388 e. The molecule has 0 saturated heterocycles. The van der Waals surface area contributed by atoms with Crippen molar-refractivity contribution in [3.8, 4) is 0 Å². The molecule has 0 saturated carbocycles. The third-order valence-electron chi connectivity index (χ3n) is 2.27. The highest BCUT2D eigenvalue weighted by molar-refractivity contribution is 7.80. The minimum atomic E-state index is 0.377. The summed E-state index contributed by atoms with van der Waals surface area (Å²) in [7, 11) is 0. The summed E-state index contributed by atoms with van der Waals surface area (Å²) in [6.07, 6.45) is 1.95. The largest absolute Gasteiger partial charge is 0.388 e. The van der Waals surface area contributed by atoms with Gasteiger partial charge in [0, 0.05) is 11.8 Å². The SMILES string of the molecule is NC(=S)c1csc(CCc2ccccc2)n1. The number of hydrogen-bond donors (Lipinski definition) is 1. The van der Waals surface area contributed by atoms with Crippen molar-refractivity contribution in [2.75, 3.05) is 0 Å². The molecular weight excluding hydrogens is 236 g/mol. The Morgan fingerprint density at radius 1 is 1.25 bits per heavy atom. The summed E-state index contributed by atoms with van der Waals surface area (Å²) in [6, 6.07) is 10.4. The molecule has 0 amide bonds. The lowest BCUT2D eigenvalue weighted by Crippen LogP contribution is -2.09. The Balaban J connectivity index is 1.97. The van der Waals surface area contributed by atoms with E-state index in [2.05, 4.69) is 29.2 Å². The van der Waals surface area contributed by atoms with Crippen molar-refractivity contribution in [2.24, 2.45) is 5.73 Å². The van der Waals surface area contributed by atoms with E-state index in [4.69, 9.17) is 18.0 Å². The number of rotatable bonds is 4. The van der Waals surface area contributed by atoms with Crippen molar-refractivity contribution in [1.82, 2.24) is 4.98 Å². The van der Waals surface area contributed by atoms with Gasteiger partial charge in [-0.3, -0.25) is 0 Å². The third-order valence-corrected chi connectivity index (χ3v) is 3.39. The van der Waals surface area contributed by atoms with Gasteiger partial charge in [-0.15, -0.1) is 11.3 Å². The van der Waals surface area contributed by atoms with Crippen LogP contribution >= 0.6 is 23.6 Å². The van der Waals surface area contributed by atoms with Crippen LogP contribution in [0.2, 0.25) is 0 Å². The van der Waals surface area contributed by atoms with Crippen LogP contribution in [-0.4, -0.2) is 9.97 Å². The highest BCUT2D eigenvalue weighted by atomic mass is 32.1. The van der Waals surface area contributed by atoms with Crippen molar-refractivity contribution in [2.45, 2.75) is 12.8 Å². The van der Waals surface area contributed by atoms with Crippen LogP contribution in [0.15, 0.2) is 35.7 Å². The van der Waals surface area contributed by atoms with Gasteiger partial charge in [0.05, 0.1) is 5.01 Å². The van der Waals surface area contributed by atoms with E-state index in [1.807, 2.05) is 11.4 Å². The number of nitrogens with two attached hydrogens (primary N) is 1. The van der Waals surface area contributed by atoms with Crippen molar-refractivity contribution in [3.05, 3.63) is 52.0 Å². The summed E-state index contributed by atoms with van der Waals surface area (Å²) < 4.78 is 0. The van der Waals surface area contributed by atoms with Crippen molar-refractivity contribution < 1.29 is 0 Å². The van der Waals surface area contributed by atoms with Crippen LogP contribution in [0.1, 0.15) is 16.3 Å². The van der Waals surface area contributed by atoms with E-state index in [1.54, 1.807) is 11.3 Å². The number of nitrogens with zero attached hydrogens (tertiary/aromatic N) is 1. The summed E-state index contributed by atoms with van der Waals surface area (Å²) in [5, 5.41) is 3.01. The quantitative estimate of drug-likeness (QED) is 0.845. The van der Waals surface area contributed by atoms with Crippen LogP contribution in [0.3, 0.4) is 0 Å². The van der Waals surface area contributed by atoms with Crippen molar-refractivity contribution >= 4 is 28.5 Å². The highest BCUT2D eigenvalue weighted by Gasteiger charge is 2.04. The molecule has 0 spiro atoms. The van der Waals surface area contributed by atoms with Crippen LogP contribution in [0.25, 0.3) is 0 Å². The Morgan fingerprint density at radius 3 is 2.62 bits per heavy atom. The number of aryl methyl sites for hydroxylation is 2. The molecule has 0 radical (unpaired) electrons. The fourth-order valence-electron chi connectivity index (χ4n) is 1.43. The maximum atomic E-state index is 5.51. The molecule has 0 fully saturated rings. The molecule has 0 aliphatic heterocycles. The van der Waals surface area contributed by atoms with E-state index in [-0.39, 0.29) is 0 Å². The summed E-state index contributed by atoms with van der Waals surface area (Å²) in [6.45, 7) is 0. The second kappa shape index (κ2) is 5.18. The van der Waals surface area contributed by atoms with Gasteiger partial charge in [-0.25, -0.2) is 4.98 Å². The molecule has 2 N–H and O–H groups in total. The summed E-state index contributed by atoms with van der Waals surface area (Å²) in [5.74, 6) is 0. The zero-order valence-electron chi connectivity index (χ0n) is 8.72. The van der Waals surface area contributed by atoms with E-state index in [1.165, 1.54) is 5.56 Å². The Kier molecular flexibility index (Phi) is 3.64. The monoisotopic (exact) mass is 248 g/mol. The summed E-state index contributed by atoms with van der Waals surface area (Å²) in [4.78, 5) is 4.75. The zero-order chi connectivity index (χ0) is 11.4. The van der Waals surface area contributed by atoms with Gasteiger partial charge >= 0.3 is 0 Å². The van der Waals surface area contributed by atoms with E-state index >= 15 is 0 Å². The molecule has 1 heterocycles. The number of hydrogen-bond acceptors (Lipinski definition) is 3. The molecule has 0 bridgehead atoms. The molecule has 0 aliphatic carbocycles. The first-order chi connectivity index (χ1) is 7.75. The predicted molar refractivity (Wildman–Crippen MR) is 71.9 cm³/mol. The smallest absolute Gasteiger partial charge is 0.123 e. The van der Waals surface area contributed by atoms with Crippen LogP contribution in [-0.2, 0) is 12.8 Å². The Hall–Kier alpha value is -1.26. The normalized spacial score (nSPS) is 10.2. The first-order valence-electron chi connectivity index (χ1n) is 5.04. The number of aromatic nitrogens is 1. The maximum Gasteiger partial charge on any atom is 0.123 e. The average molecular weight is 248 g/mol. The van der Waals surface area contributed by atoms with Crippen LogP contribution in [0.4, 0.5) is 0 Å². The molecule has 2 aromatic rings. The van der Waals surface area contributed by atoms with Gasteiger partial charge < -0.3 is 5.73 Å². The molecule has 1 aromatic heterocycles. The first kappa shape index (κ1) is 11.2. The van der Waals surface area contributed by atoms with Crippen LogP contribution < -0.4 is 5.73 Å². The molecule has 0 unspecified atom stereocenters. The van der Waals surface area contributed by atoms with Gasteiger partial charge in [-0.1, -0.05) is 42.5 Å². The summed E-state index contributed by atoms with van der Waals surface area (Å²) in [5.41, 5.74) is 7.58. The molecule has 82 valence electrons. The number of thiazole rings is 1. The van der Waals surface area contributed by atoms with Gasteiger partial charge in [0.25, 0.3) is 0 Å². The fraction of sp³-hybridized carbons (Fsp3) is 0.167. The standard InChI is InChI=1S/C12H12N2S2/c13-12(15)10-8-16-11(14-10)7-6-9-4-2-1-3-5-9/h1-5,8H,6-7H2,(H2,13,15). The number of thiocarbonyl (C=S) groups is 1. The minimum absolute atomic E-state index is 0.377. The Morgan fingerprint density at radius 2 is 2.00 bits per heavy atom. The molecule has 16 heavy (non-hydrogen) atoms. The lowest BCUT2D eigenvalue weighted by Gasteiger charge is -1.97. The average Bonchev–Trinajstić information content (AvgIpc) is 2.76. The molecule has 4 heteroatoms. The van der Waals surface area contributed by atoms with Crippen molar-refractivity contribution in [1.29, 1.82) is 0 Å². The van der Waals surface area contributed by atoms with Crippen molar-refractivity contribution in [3.63, 3.8) is 0 Å². The lowest BCUT2D eigenvalue weighted by molar-refractivity contribution is 0.942. The Labute approximate surface area is 104 Å². The molecule has 2 nitrogen and oxygen atoms in total. The second-order valence-electron chi connectivity index (χ2n) is 3.48. The lowest BCUT2D eigenvalue weighted by atomic mass is 10.1. The van der Waals surface area contributed by atoms with Crippen LogP contribution in [0, 0.1) is 0 Å². The van der Waals surface area contributed by atoms with Gasteiger partial charge in [0.15, 0.2) is 0 Å². The van der Waals surface area contributed by atoms with Crippen LogP contribution in [0.5, 0.6) is 0 Å². The summed E-state index contributed by atoms with van der Waals surface area (Å²) >= 11 is 6.49. The second-order valence-corrected chi connectivity index (χ2v) is 4.86. The highest BCUT2D eigenvalue weighted by Crippen LogP contribution is 2.13.